The van der Waals surface area contributed by atoms with Crippen molar-refractivity contribution in [1.82, 2.24) is 10.2 Å². The molecule has 132 valence electrons. The molecule has 0 aromatic heterocycles. The number of nitrogens with one attached hydrogen (secondary N) is 1. The smallest absolute Gasteiger partial charge is 0.252 e. The Bertz CT molecular complexity index is 725. The van der Waals surface area contributed by atoms with Crippen molar-refractivity contribution in [2.45, 2.75) is 12.6 Å². The van der Waals surface area contributed by atoms with Gasteiger partial charge in [-0.2, -0.15) is 0 Å². The highest BCUT2D eigenvalue weighted by molar-refractivity contribution is 6.35. The molecule has 1 aliphatic rings. The van der Waals surface area contributed by atoms with E-state index in [9.17, 15) is 4.79 Å². The number of benzene rings is 2. The Morgan fingerprint density at radius 2 is 2.00 bits per heavy atom. The molecule has 1 saturated heterocycles. The number of amides is 1. The van der Waals surface area contributed by atoms with Crippen molar-refractivity contribution < 1.29 is 9.53 Å². The van der Waals surface area contributed by atoms with Crippen LogP contribution in [0.4, 0.5) is 0 Å². The fraction of sp³-hybridized carbons (Fsp3) is 0.316. The quantitative estimate of drug-likeness (QED) is 0.863. The molecule has 0 spiro atoms. The third kappa shape index (κ3) is 5.19. The summed E-state index contributed by atoms with van der Waals surface area (Å²) >= 11 is 12.0. The second-order valence-corrected chi connectivity index (χ2v) is 6.89. The van der Waals surface area contributed by atoms with Gasteiger partial charge in [-0.25, -0.2) is 0 Å². The van der Waals surface area contributed by atoms with Crippen LogP contribution in [0.2, 0.25) is 10.0 Å². The fourth-order valence-corrected chi connectivity index (χ4v) is 3.24. The summed E-state index contributed by atoms with van der Waals surface area (Å²) in [5.41, 5.74) is 1.66. The monoisotopic (exact) mass is 378 g/mol. The molecule has 3 rings (SSSR count). The lowest BCUT2D eigenvalue weighted by molar-refractivity contribution is -0.0292. The maximum absolute atomic E-state index is 12.3. The highest BCUT2D eigenvalue weighted by Gasteiger charge is 2.21. The zero-order valence-electron chi connectivity index (χ0n) is 13.8. The summed E-state index contributed by atoms with van der Waals surface area (Å²) < 4.78 is 5.77. The lowest BCUT2D eigenvalue weighted by Gasteiger charge is -2.33. The Hall–Kier alpha value is -1.59. The fourth-order valence-electron chi connectivity index (χ4n) is 2.86. The van der Waals surface area contributed by atoms with Gasteiger partial charge in [0.1, 0.15) is 0 Å². The third-order valence-electron chi connectivity index (χ3n) is 4.14. The van der Waals surface area contributed by atoms with Crippen molar-refractivity contribution in [3.8, 4) is 0 Å². The Kier molecular flexibility index (Phi) is 6.32. The molecule has 2 aromatic rings. The number of ether oxygens (including phenoxy) is 1. The Labute approximate surface area is 157 Å². The number of hydrogen-bond acceptors (Lipinski definition) is 3. The Balaban J connectivity index is 1.52. The summed E-state index contributed by atoms with van der Waals surface area (Å²) in [4.78, 5) is 14.6. The molecular weight excluding hydrogens is 359 g/mol. The van der Waals surface area contributed by atoms with E-state index in [0.717, 1.165) is 19.6 Å². The second-order valence-electron chi connectivity index (χ2n) is 6.05. The molecule has 2 aromatic carbocycles. The molecule has 0 bridgehead atoms. The van der Waals surface area contributed by atoms with Crippen LogP contribution >= 0.6 is 23.2 Å². The van der Waals surface area contributed by atoms with Gasteiger partial charge in [0.25, 0.3) is 5.91 Å². The number of nitrogens with zero attached hydrogens (tertiary/aromatic N) is 1. The molecule has 1 heterocycles. The van der Waals surface area contributed by atoms with Gasteiger partial charge in [0.2, 0.25) is 0 Å². The standard InChI is InChI=1S/C19H20Cl2N2O2/c20-15-6-7-18(21)17(10-15)19(24)22-11-16-13-23(8-9-25-16)12-14-4-2-1-3-5-14/h1-7,10,16H,8-9,11-13H2,(H,22,24). The highest BCUT2D eigenvalue weighted by atomic mass is 35.5. The number of carbonyl (C=O) groups excluding carboxylic acids is 1. The lowest BCUT2D eigenvalue weighted by atomic mass is 10.1. The van der Waals surface area contributed by atoms with Gasteiger partial charge in [0.05, 0.1) is 23.3 Å². The van der Waals surface area contributed by atoms with Crippen molar-refractivity contribution in [3.05, 3.63) is 69.7 Å². The van der Waals surface area contributed by atoms with E-state index in [4.69, 9.17) is 27.9 Å². The molecule has 0 radical (unpaired) electrons. The van der Waals surface area contributed by atoms with Gasteiger partial charge in [0, 0.05) is 31.2 Å². The molecule has 4 nitrogen and oxygen atoms in total. The van der Waals surface area contributed by atoms with Gasteiger partial charge < -0.3 is 10.1 Å². The molecule has 6 heteroatoms. The first-order valence-corrected chi connectivity index (χ1v) is 8.98. The van der Waals surface area contributed by atoms with Crippen LogP contribution in [-0.4, -0.2) is 43.2 Å². The first-order valence-electron chi connectivity index (χ1n) is 8.23. The van der Waals surface area contributed by atoms with Gasteiger partial charge in [-0.05, 0) is 23.8 Å². The number of morpholine rings is 1. The van der Waals surface area contributed by atoms with Crippen LogP contribution in [-0.2, 0) is 11.3 Å². The van der Waals surface area contributed by atoms with Crippen molar-refractivity contribution in [3.63, 3.8) is 0 Å². The maximum atomic E-state index is 12.3. The van der Waals surface area contributed by atoms with Crippen LogP contribution in [0.25, 0.3) is 0 Å². The van der Waals surface area contributed by atoms with Crippen molar-refractivity contribution in [2.75, 3.05) is 26.2 Å². The summed E-state index contributed by atoms with van der Waals surface area (Å²) in [6, 6.07) is 15.2. The van der Waals surface area contributed by atoms with Crippen molar-refractivity contribution >= 4 is 29.1 Å². The van der Waals surface area contributed by atoms with Gasteiger partial charge in [-0.1, -0.05) is 53.5 Å². The van der Waals surface area contributed by atoms with E-state index < -0.39 is 0 Å². The zero-order valence-corrected chi connectivity index (χ0v) is 15.3. The first kappa shape index (κ1) is 18.2. The summed E-state index contributed by atoms with van der Waals surface area (Å²) in [5.74, 6) is -0.240. The van der Waals surface area contributed by atoms with E-state index >= 15 is 0 Å². The van der Waals surface area contributed by atoms with Crippen molar-refractivity contribution in [2.24, 2.45) is 0 Å². The Morgan fingerprint density at radius 3 is 2.80 bits per heavy atom. The summed E-state index contributed by atoms with van der Waals surface area (Å²) in [5, 5.41) is 3.76. The van der Waals surface area contributed by atoms with E-state index in [1.54, 1.807) is 18.2 Å². The van der Waals surface area contributed by atoms with Crippen LogP contribution in [0.3, 0.4) is 0 Å². The van der Waals surface area contributed by atoms with Gasteiger partial charge >= 0.3 is 0 Å². The summed E-state index contributed by atoms with van der Waals surface area (Å²) in [6.07, 6.45) is -0.0422. The predicted octanol–water partition coefficient (Wildman–Crippen LogP) is 3.62. The van der Waals surface area contributed by atoms with E-state index in [1.807, 2.05) is 18.2 Å². The number of carbonyl (C=O) groups is 1. The van der Waals surface area contributed by atoms with Crippen LogP contribution in [0.1, 0.15) is 15.9 Å². The van der Waals surface area contributed by atoms with E-state index in [1.165, 1.54) is 5.56 Å². The molecule has 1 N–H and O–H groups in total. The SMILES string of the molecule is O=C(NCC1CN(Cc2ccccc2)CCO1)c1cc(Cl)ccc1Cl. The third-order valence-corrected chi connectivity index (χ3v) is 4.70. The number of rotatable bonds is 5. The minimum Gasteiger partial charge on any atom is -0.374 e. The number of halogens is 2. The Morgan fingerprint density at radius 1 is 1.20 bits per heavy atom. The van der Waals surface area contributed by atoms with E-state index in [2.05, 4.69) is 22.3 Å². The maximum Gasteiger partial charge on any atom is 0.252 e. The lowest BCUT2D eigenvalue weighted by Crippen LogP contribution is -2.47. The predicted molar refractivity (Wildman–Crippen MR) is 100 cm³/mol. The normalized spacial score (nSPS) is 18.1. The number of hydrogen-bond donors (Lipinski definition) is 1. The van der Waals surface area contributed by atoms with Crippen LogP contribution < -0.4 is 5.32 Å². The average molecular weight is 379 g/mol. The molecule has 1 fully saturated rings. The molecule has 1 atom stereocenters. The molecule has 1 aliphatic heterocycles. The van der Waals surface area contributed by atoms with Gasteiger partial charge in [0.15, 0.2) is 0 Å². The topological polar surface area (TPSA) is 41.6 Å². The van der Waals surface area contributed by atoms with Crippen molar-refractivity contribution in [1.29, 1.82) is 0 Å². The molecule has 0 aliphatic carbocycles. The van der Waals surface area contributed by atoms with E-state index in [0.29, 0.717) is 28.8 Å². The molecule has 1 amide bonds. The molecule has 1 unspecified atom stereocenters. The molecular formula is C19H20Cl2N2O2. The zero-order chi connectivity index (χ0) is 17.6. The summed E-state index contributed by atoms with van der Waals surface area (Å²) in [7, 11) is 0. The first-order chi connectivity index (χ1) is 12.1. The van der Waals surface area contributed by atoms with Crippen LogP contribution in [0.5, 0.6) is 0 Å². The summed E-state index contributed by atoms with van der Waals surface area (Å²) in [6.45, 7) is 3.64. The van der Waals surface area contributed by atoms with E-state index in [-0.39, 0.29) is 12.0 Å². The average Bonchev–Trinajstić information content (AvgIpc) is 2.63. The second kappa shape index (κ2) is 8.68. The minimum absolute atomic E-state index is 0.0422. The van der Waals surface area contributed by atoms with Gasteiger partial charge in [-0.15, -0.1) is 0 Å². The molecule has 25 heavy (non-hydrogen) atoms. The van der Waals surface area contributed by atoms with Gasteiger partial charge in [-0.3, -0.25) is 9.69 Å². The largest absolute Gasteiger partial charge is 0.374 e. The van der Waals surface area contributed by atoms with Crippen LogP contribution in [0.15, 0.2) is 48.5 Å². The highest BCUT2D eigenvalue weighted by Crippen LogP contribution is 2.20. The minimum atomic E-state index is -0.240. The van der Waals surface area contributed by atoms with Crippen LogP contribution in [0, 0.1) is 0 Å². The molecule has 0 saturated carbocycles.